The zero-order valence-corrected chi connectivity index (χ0v) is 17.8. The van der Waals surface area contributed by atoms with Crippen molar-refractivity contribution >= 4 is 23.5 Å². The average Bonchev–Trinajstić information content (AvgIpc) is 2.46. The molecule has 1 atom stereocenters. The molecule has 0 spiro atoms. The van der Waals surface area contributed by atoms with Gasteiger partial charge in [-0.3, -0.25) is 4.79 Å². The molecule has 0 fully saturated rings. The minimum Gasteiger partial charge on any atom is -0.374 e. The smallest absolute Gasteiger partial charge is 0.374 e. The van der Waals surface area contributed by atoms with Gasteiger partial charge in [0.1, 0.15) is 0 Å². The Labute approximate surface area is 142 Å². The Morgan fingerprint density at radius 1 is 0.957 bits per heavy atom. The molecule has 0 bridgehead atoms. The summed E-state index contributed by atoms with van der Waals surface area (Å²) in [5.41, 5.74) is -0.340. The highest BCUT2D eigenvalue weighted by Gasteiger charge is 2.56. The van der Waals surface area contributed by atoms with Gasteiger partial charge >= 0.3 is 17.6 Å². The molecule has 1 unspecified atom stereocenters. The summed E-state index contributed by atoms with van der Waals surface area (Å²) in [6, 6.07) is 0. The minimum absolute atomic E-state index is 0.0754. The second kappa shape index (κ2) is 10.5. The molecular formula is C14H33NO6Si2. The molecule has 0 aliphatic heterocycles. The highest BCUT2D eigenvalue weighted by molar-refractivity contribution is 6.75. The summed E-state index contributed by atoms with van der Waals surface area (Å²) >= 11 is 0. The number of hydrogen-bond acceptors (Lipinski definition) is 6. The van der Waals surface area contributed by atoms with Crippen LogP contribution in [0.3, 0.4) is 0 Å². The molecule has 0 aromatic heterocycles. The van der Waals surface area contributed by atoms with E-state index in [0.29, 0.717) is 26.4 Å². The van der Waals surface area contributed by atoms with Gasteiger partial charge in [-0.15, -0.1) is 0 Å². The Hall–Kier alpha value is -0.296. The molecule has 7 nitrogen and oxygen atoms in total. The van der Waals surface area contributed by atoms with Crippen LogP contribution < -0.4 is 0 Å². The van der Waals surface area contributed by atoms with E-state index in [4.69, 9.17) is 21.8 Å². The summed E-state index contributed by atoms with van der Waals surface area (Å²) < 4.78 is 29.8. The first kappa shape index (κ1) is 22.7. The van der Waals surface area contributed by atoms with E-state index in [9.17, 15) is 4.79 Å². The zero-order chi connectivity index (χ0) is 18.1. The van der Waals surface area contributed by atoms with Gasteiger partial charge in [0.2, 0.25) is 5.91 Å². The maximum Gasteiger partial charge on any atom is 0.517 e. The summed E-state index contributed by atoms with van der Waals surface area (Å²) in [5, 5.41) is 0. The van der Waals surface area contributed by atoms with Gasteiger partial charge in [-0.1, -0.05) is 0 Å². The van der Waals surface area contributed by atoms with Crippen LogP contribution in [-0.2, 0) is 26.6 Å². The fourth-order valence-electron chi connectivity index (χ4n) is 2.22. The molecule has 0 aromatic rings. The van der Waals surface area contributed by atoms with E-state index in [1.807, 2.05) is 41.2 Å². The molecule has 0 aliphatic rings. The van der Waals surface area contributed by atoms with E-state index in [0.717, 1.165) is 0 Å². The molecule has 0 N–H and O–H groups in total. The Morgan fingerprint density at radius 2 is 1.35 bits per heavy atom. The topological polar surface area (TPSA) is 66.5 Å². The van der Waals surface area contributed by atoms with Gasteiger partial charge in [-0.2, -0.15) is 0 Å². The summed E-state index contributed by atoms with van der Waals surface area (Å²) in [7, 11) is -4.43. The van der Waals surface area contributed by atoms with Crippen molar-refractivity contribution in [1.29, 1.82) is 0 Å². The van der Waals surface area contributed by atoms with Crippen molar-refractivity contribution in [2.45, 2.75) is 53.8 Å². The highest BCUT2D eigenvalue weighted by Crippen LogP contribution is 2.25. The fraction of sp³-hybridized carbons (Fsp3) is 0.929. The van der Waals surface area contributed by atoms with E-state index in [2.05, 4.69) is 0 Å². The van der Waals surface area contributed by atoms with Crippen LogP contribution in [0.1, 0.15) is 41.5 Å². The lowest BCUT2D eigenvalue weighted by Gasteiger charge is -2.41. The van der Waals surface area contributed by atoms with Crippen molar-refractivity contribution < 1.29 is 26.6 Å². The first-order valence-electron chi connectivity index (χ1n) is 8.21. The summed E-state index contributed by atoms with van der Waals surface area (Å²) in [4.78, 5) is 13.4. The van der Waals surface area contributed by atoms with Crippen LogP contribution in [0.15, 0.2) is 0 Å². The first-order valence-corrected chi connectivity index (χ1v) is 12.2. The van der Waals surface area contributed by atoms with Gasteiger partial charge in [0.15, 0.2) is 0 Å². The fourth-order valence-corrected chi connectivity index (χ4v) is 9.07. The second-order valence-electron chi connectivity index (χ2n) is 5.11. The van der Waals surface area contributed by atoms with Crippen LogP contribution in [0.2, 0.25) is 6.55 Å². The normalized spacial score (nSPS) is 13.9. The molecule has 0 aromatic carbocycles. The average molecular weight is 368 g/mol. The second-order valence-corrected chi connectivity index (χ2v) is 10.8. The Kier molecular flexibility index (Phi) is 10.4. The SMILES string of the molecule is CCO[Si](C)(OCC)O[Si](OCC)(OCC)C(C)N(C)C(C)=O. The molecule has 0 radical (unpaired) electrons. The monoisotopic (exact) mass is 367 g/mol. The number of hydrogen-bond donors (Lipinski definition) is 0. The zero-order valence-electron chi connectivity index (χ0n) is 15.8. The predicted molar refractivity (Wildman–Crippen MR) is 92.9 cm³/mol. The van der Waals surface area contributed by atoms with Crippen molar-refractivity contribution in [2.24, 2.45) is 0 Å². The number of amides is 1. The molecule has 0 saturated carbocycles. The third-order valence-electron chi connectivity index (χ3n) is 3.42. The van der Waals surface area contributed by atoms with E-state index in [1.54, 1.807) is 11.9 Å². The lowest BCUT2D eigenvalue weighted by molar-refractivity contribution is -0.129. The highest BCUT2D eigenvalue weighted by atomic mass is 28.5. The van der Waals surface area contributed by atoms with Crippen molar-refractivity contribution in [1.82, 2.24) is 4.90 Å². The summed E-state index contributed by atoms with van der Waals surface area (Å²) in [5.74, 6) is -0.0754. The molecule has 0 heterocycles. The molecule has 1 amide bonds. The summed E-state index contributed by atoms with van der Waals surface area (Å²) in [6.07, 6.45) is 0. The van der Waals surface area contributed by atoms with Crippen LogP contribution in [-0.4, -0.2) is 67.6 Å². The molecule has 0 rings (SSSR count). The lowest BCUT2D eigenvalue weighted by Crippen LogP contribution is -2.67. The van der Waals surface area contributed by atoms with Gasteiger partial charge in [0.05, 0.1) is 5.67 Å². The van der Waals surface area contributed by atoms with Crippen LogP contribution in [0.4, 0.5) is 0 Å². The molecule has 9 heteroatoms. The quantitative estimate of drug-likeness (QED) is 0.492. The number of rotatable bonds is 12. The maximum atomic E-state index is 11.8. The number of carbonyl (C=O) groups is 1. The van der Waals surface area contributed by atoms with Crippen molar-refractivity contribution in [3.8, 4) is 0 Å². The van der Waals surface area contributed by atoms with Crippen LogP contribution in [0.5, 0.6) is 0 Å². The maximum absolute atomic E-state index is 11.8. The van der Waals surface area contributed by atoms with E-state index in [-0.39, 0.29) is 11.6 Å². The van der Waals surface area contributed by atoms with Crippen molar-refractivity contribution in [2.75, 3.05) is 33.5 Å². The molecule has 138 valence electrons. The van der Waals surface area contributed by atoms with Crippen molar-refractivity contribution in [3.05, 3.63) is 0 Å². The molecule has 0 saturated heterocycles. The molecule has 0 aliphatic carbocycles. The Bertz CT molecular complexity index is 346. The Morgan fingerprint density at radius 3 is 1.65 bits per heavy atom. The lowest BCUT2D eigenvalue weighted by atomic mass is 10.5. The Balaban J connectivity index is 5.66. The van der Waals surface area contributed by atoms with E-state index in [1.165, 1.54) is 6.92 Å². The van der Waals surface area contributed by atoms with Gasteiger partial charge < -0.3 is 26.7 Å². The third-order valence-corrected chi connectivity index (χ3v) is 10.5. The largest absolute Gasteiger partial charge is 0.517 e. The number of carbonyl (C=O) groups excluding carboxylic acids is 1. The van der Waals surface area contributed by atoms with Gasteiger partial charge in [0, 0.05) is 46.9 Å². The van der Waals surface area contributed by atoms with Gasteiger partial charge in [0.25, 0.3) is 0 Å². The standard InChI is InChI=1S/C14H33NO6Si2/c1-9-17-22(8,18-10-2)21-23(19-11-3,20-12-4)14(6)15(7)13(5)16/h14H,9-12H2,1-8H3. The van der Waals surface area contributed by atoms with E-state index < -0.39 is 17.6 Å². The van der Waals surface area contributed by atoms with Crippen LogP contribution in [0, 0.1) is 0 Å². The number of nitrogens with zero attached hydrogens (tertiary/aromatic N) is 1. The predicted octanol–water partition coefficient (Wildman–Crippen LogP) is 2.06. The van der Waals surface area contributed by atoms with Crippen molar-refractivity contribution in [3.63, 3.8) is 0 Å². The summed E-state index contributed by atoms with van der Waals surface area (Å²) in [6.45, 7) is 14.6. The van der Waals surface area contributed by atoms with Gasteiger partial charge in [-0.05, 0) is 34.6 Å². The van der Waals surface area contributed by atoms with E-state index >= 15 is 0 Å². The van der Waals surface area contributed by atoms with Crippen LogP contribution in [0.25, 0.3) is 0 Å². The molecule has 23 heavy (non-hydrogen) atoms. The first-order chi connectivity index (χ1) is 10.7. The van der Waals surface area contributed by atoms with Gasteiger partial charge in [-0.25, -0.2) is 0 Å². The third kappa shape index (κ3) is 6.61. The van der Waals surface area contributed by atoms with Crippen LogP contribution >= 0.6 is 0 Å². The minimum atomic E-state index is -3.22. The molecular weight excluding hydrogens is 334 g/mol.